The minimum absolute atomic E-state index is 0. The molecule has 2 aromatic rings. The molecule has 9 heteroatoms. The SMILES string of the molecule is Cl.Nc1ccc(-c2nc(C3(N)CCCC3)no2)cc1[N+](=O)[O-]. The van der Waals surface area contributed by atoms with Crippen LogP contribution in [-0.4, -0.2) is 15.1 Å². The first-order valence-electron chi connectivity index (χ1n) is 6.67. The van der Waals surface area contributed by atoms with Crippen LogP contribution >= 0.6 is 12.4 Å². The van der Waals surface area contributed by atoms with Gasteiger partial charge in [0.1, 0.15) is 5.69 Å². The van der Waals surface area contributed by atoms with E-state index in [0.717, 1.165) is 25.7 Å². The highest BCUT2D eigenvalue weighted by Crippen LogP contribution is 2.36. The van der Waals surface area contributed by atoms with Crippen molar-refractivity contribution >= 4 is 23.8 Å². The second-order valence-electron chi connectivity index (χ2n) is 5.32. The maximum Gasteiger partial charge on any atom is 0.292 e. The zero-order valence-corrected chi connectivity index (χ0v) is 12.5. The fraction of sp³-hybridized carbons (Fsp3) is 0.385. The molecular formula is C13H16ClN5O3. The number of anilines is 1. The largest absolute Gasteiger partial charge is 0.393 e. The topological polar surface area (TPSA) is 134 Å². The number of benzene rings is 1. The molecule has 22 heavy (non-hydrogen) atoms. The van der Waals surface area contributed by atoms with Crippen molar-refractivity contribution in [3.05, 3.63) is 34.1 Å². The number of nitro benzene ring substituents is 1. The summed E-state index contributed by atoms with van der Waals surface area (Å²) in [5, 5.41) is 14.8. The third kappa shape index (κ3) is 2.75. The van der Waals surface area contributed by atoms with E-state index in [9.17, 15) is 10.1 Å². The third-order valence-electron chi connectivity index (χ3n) is 3.84. The summed E-state index contributed by atoms with van der Waals surface area (Å²) >= 11 is 0. The van der Waals surface area contributed by atoms with Gasteiger partial charge in [-0.2, -0.15) is 4.98 Å². The van der Waals surface area contributed by atoms with E-state index in [-0.39, 0.29) is 29.7 Å². The van der Waals surface area contributed by atoms with E-state index < -0.39 is 10.5 Å². The van der Waals surface area contributed by atoms with Crippen molar-refractivity contribution in [2.24, 2.45) is 5.73 Å². The van der Waals surface area contributed by atoms with Crippen molar-refractivity contribution in [1.29, 1.82) is 0 Å². The molecule has 4 N–H and O–H groups in total. The molecule has 8 nitrogen and oxygen atoms in total. The molecule has 3 rings (SSSR count). The first kappa shape index (κ1) is 16.2. The number of nitrogens with zero attached hydrogens (tertiary/aromatic N) is 3. The summed E-state index contributed by atoms with van der Waals surface area (Å²) in [4.78, 5) is 14.7. The van der Waals surface area contributed by atoms with Crippen molar-refractivity contribution in [3.63, 3.8) is 0 Å². The third-order valence-corrected chi connectivity index (χ3v) is 3.84. The van der Waals surface area contributed by atoms with Crippen LogP contribution in [0.15, 0.2) is 22.7 Å². The van der Waals surface area contributed by atoms with E-state index >= 15 is 0 Å². The van der Waals surface area contributed by atoms with Gasteiger partial charge in [-0.3, -0.25) is 10.1 Å². The lowest BCUT2D eigenvalue weighted by Crippen LogP contribution is -2.34. The van der Waals surface area contributed by atoms with Crippen LogP contribution in [0.2, 0.25) is 0 Å². The molecule has 1 aliphatic rings. The number of nitrogen functional groups attached to an aromatic ring is 1. The predicted molar refractivity (Wildman–Crippen MR) is 82.4 cm³/mol. The van der Waals surface area contributed by atoms with Crippen LogP contribution in [0.1, 0.15) is 31.5 Å². The van der Waals surface area contributed by atoms with Crippen molar-refractivity contribution in [1.82, 2.24) is 10.1 Å². The molecule has 0 bridgehead atoms. The molecule has 1 fully saturated rings. The van der Waals surface area contributed by atoms with Gasteiger partial charge in [0.15, 0.2) is 5.82 Å². The van der Waals surface area contributed by atoms with E-state index in [1.54, 1.807) is 6.07 Å². The van der Waals surface area contributed by atoms with Crippen molar-refractivity contribution in [2.45, 2.75) is 31.2 Å². The maximum atomic E-state index is 10.9. The Morgan fingerprint density at radius 2 is 2.00 bits per heavy atom. The average Bonchev–Trinajstić information content (AvgIpc) is 3.08. The number of hydrogen-bond donors (Lipinski definition) is 2. The smallest absolute Gasteiger partial charge is 0.292 e. The molecule has 1 aromatic heterocycles. The summed E-state index contributed by atoms with van der Waals surface area (Å²) in [6.07, 6.45) is 3.70. The van der Waals surface area contributed by atoms with Gasteiger partial charge in [-0.05, 0) is 25.0 Å². The summed E-state index contributed by atoms with van der Waals surface area (Å²) in [7, 11) is 0. The van der Waals surface area contributed by atoms with Gasteiger partial charge in [-0.1, -0.05) is 18.0 Å². The fourth-order valence-electron chi connectivity index (χ4n) is 2.61. The number of nitrogens with two attached hydrogens (primary N) is 2. The van der Waals surface area contributed by atoms with Gasteiger partial charge in [-0.15, -0.1) is 12.4 Å². The van der Waals surface area contributed by atoms with E-state index in [1.165, 1.54) is 12.1 Å². The van der Waals surface area contributed by atoms with E-state index in [4.69, 9.17) is 16.0 Å². The summed E-state index contributed by atoms with van der Waals surface area (Å²) in [6.45, 7) is 0. The summed E-state index contributed by atoms with van der Waals surface area (Å²) in [6, 6.07) is 4.38. The first-order chi connectivity index (χ1) is 9.99. The fourth-order valence-corrected chi connectivity index (χ4v) is 2.61. The molecule has 1 aromatic carbocycles. The van der Waals surface area contributed by atoms with Gasteiger partial charge in [0, 0.05) is 11.6 Å². The minimum Gasteiger partial charge on any atom is -0.393 e. The summed E-state index contributed by atoms with van der Waals surface area (Å²) in [5.41, 5.74) is 11.6. The lowest BCUT2D eigenvalue weighted by atomic mass is 9.99. The minimum atomic E-state index is -0.554. The number of rotatable bonds is 3. The highest BCUT2D eigenvalue weighted by Gasteiger charge is 2.36. The molecule has 0 aliphatic heterocycles. The molecule has 0 amide bonds. The van der Waals surface area contributed by atoms with Gasteiger partial charge in [-0.25, -0.2) is 0 Å². The monoisotopic (exact) mass is 325 g/mol. The number of halogens is 1. The molecule has 1 saturated carbocycles. The van der Waals surface area contributed by atoms with E-state index in [1.807, 2.05) is 0 Å². The Morgan fingerprint density at radius 3 is 2.64 bits per heavy atom. The highest BCUT2D eigenvalue weighted by atomic mass is 35.5. The van der Waals surface area contributed by atoms with Crippen LogP contribution in [0.3, 0.4) is 0 Å². The molecule has 118 valence electrons. The van der Waals surface area contributed by atoms with Crippen LogP contribution in [0, 0.1) is 10.1 Å². The standard InChI is InChI=1S/C13H15N5O3.ClH/c14-9-4-3-8(7-10(9)18(19)20)11-16-12(17-21-11)13(15)5-1-2-6-13;/h3-4,7H,1-2,5-6,14-15H2;1H. The molecule has 0 unspecified atom stereocenters. The Morgan fingerprint density at radius 1 is 1.32 bits per heavy atom. The number of aromatic nitrogens is 2. The second-order valence-corrected chi connectivity index (χ2v) is 5.32. The molecule has 0 spiro atoms. The Kier molecular flexibility index (Phi) is 4.34. The number of nitro groups is 1. The molecule has 1 aliphatic carbocycles. The Labute approximate surface area is 132 Å². The highest BCUT2D eigenvalue weighted by molar-refractivity contribution is 5.85. The maximum absolute atomic E-state index is 10.9. The van der Waals surface area contributed by atoms with Crippen molar-refractivity contribution < 1.29 is 9.45 Å². The Balaban J connectivity index is 0.00000176. The summed E-state index contributed by atoms with van der Waals surface area (Å²) in [5.74, 6) is 0.666. The first-order valence-corrected chi connectivity index (χ1v) is 6.67. The molecule has 0 saturated heterocycles. The van der Waals surface area contributed by atoms with Crippen LogP contribution in [-0.2, 0) is 5.54 Å². The number of hydrogen-bond acceptors (Lipinski definition) is 7. The lowest BCUT2D eigenvalue weighted by molar-refractivity contribution is -0.383. The predicted octanol–water partition coefficient (Wildman–Crippen LogP) is 2.38. The molecule has 0 atom stereocenters. The van der Waals surface area contributed by atoms with Gasteiger partial charge < -0.3 is 16.0 Å². The summed E-state index contributed by atoms with van der Waals surface area (Å²) < 4.78 is 5.20. The molecular weight excluding hydrogens is 310 g/mol. The van der Waals surface area contributed by atoms with Crippen LogP contribution in [0.25, 0.3) is 11.5 Å². The molecule has 1 heterocycles. The van der Waals surface area contributed by atoms with Crippen molar-refractivity contribution in [2.75, 3.05) is 5.73 Å². The van der Waals surface area contributed by atoms with Gasteiger partial charge in [0.2, 0.25) is 0 Å². The lowest BCUT2D eigenvalue weighted by Gasteiger charge is -2.17. The Bertz CT molecular complexity index is 697. The zero-order valence-electron chi connectivity index (χ0n) is 11.7. The van der Waals surface area contributed by atoms with Gasteiger partial charge in [0.05, 0.1) is 10.5 Å². The van der Waals surface area contributed by atoms with Crippen LogP contribution < -0.4 is 11.5 Å². The van der Waals surface area contributed by atoms with E-state index in [2.05, 4.69) is 10.1 Å². The zero-order chi connectivity index (χ0) is 15.0. The molecule has 0 radical (unpaired) electrons. The van der Waals surface area contributed by atoms with Crippen molar-refractivity contribution in [3.8, 4) is 11.5 Å². The normalized spacial score (nSPS) is 16.2. The van der Waals surface area contributed by atoms with Crippen LogP contribution in [0.4, 0.5) is 11.4 Å². The van der Waals surface area contributed by atoms with Gasteiger partial charge in [0.25, 0.3) is 11.6 Å². The van der Waals surface area contributed by atoms with Gasteiger partial charge >= 0.3 is 0 Å². The average molecular weight is 326 g/mol. The second kappa shape index (κ2) is 5.90. The quantitative estimate of drug-likeness (QED) is 0.502. The van der Waals surface area contributed by atoms with E-state index in [0.29, 0.717) is 11.4 Å². The van der Waals surface area contributed by atoms with Crippen LogP contribution in [0.5, 0.6) is 0 Å². The Hall–Kier alpha value is -2.19.